The van der Waals surface area contributed by atoms with E-state index in [-0.39, 0.29) is 18.5 Å². The highest BCUT2D eigenvalue weighted by Crippen LogP contribution is 2.19. The molecule has 0 unspecified atom stereocenters. The SMILES string of the molecule is CCC(CC)NC(=O)Cn1nnc(-c2cccs2)n1. The zero-order valence-corrected chi connectivity index (χ0v) is 11.9. The van der Waals surface area contributed by atoms with Crippen LogP contribution in [0.4, 0.5) is 0 Å². The molecule has 0 bridgehead atoms. The van der Waals surface area contributed by atoms with E-state index in [2.05, 4.69) is 34.6 Å². The summed E-state index contributed by atoms with van der Waals surface area (Å²) >= 11 is 1.55. The summed E-state index contributed by atoms with van der Waals surface area (Å²) in [5.74, 6) is 0.481. The Morgan fingerprint density at radius 3 is 2.89 bits per heavy atom. The van der Waals surface area contributed by atoms with Crippen LogP contribution < -0.4 is 5.32 Å². The zero-order valence-electron chi connectivity index (χ0n) is 11.0. The molecule has 0 saturated carbocycles. The zero-order chi connectivity index (χ0) is 13.7. The predicted octanol–water partition coefficient (Wildman–Crippen LogP) is 1.71. The van der Waals surface area contributed by atoms with Gasteiger partial charge in [0.15, 0.2) is 0 Å². The number of hydrogen-bond donors (Lipinski definition) is 1. The standard InChI is InChI=1S/C12H17N5OS/c1-3-9(4-2)13-11(18)8-17-15-12(14-16-17)10-6-5-7-19-10/h5-7,9H,3-4,8H2,1-2H3,(H,13,18). The number of thiophene rings is 1. The van der Waals surface area contributed by atoms with Crippen molar-refractivity contribution in [2.45, 2.75) is 39.3 Å². The molecule has 0 aromatic carbocycles. The molecule has 0 atom stereocenters. The van der Waals surface area contributed by atoms with Crippen molar-refractivity contribution in [1.29, 1.82) is 0 Å². The number of amides is 1. The fourth-order valence-corrected chi connectivity index (χ4v) is 2.36. The molecule has 1 N–H and O–H groups in total. The van der Waals surface area contributed by atoms with Crippen LogP contribution in [0.1, 0.15) is 26.7 Å². The van der Waals surface area contributed by atoms with Gasteiger partial charge in [0.05, 0.1) is 4.88 Å². The van der Waals surface area contributed by atoms with E-state index in [0.29, 0.717) is 5.82 Å². The Morgan fingerprint density at radius 2 is 2.26 bits per heavy atom. The lowest BCUT2D eigenvalue weighted by molar-refractivity contribution is -0.122. The van der Waals surface area contributed by atoms with Crippen molar-refractivity contribution in [3.8, 4) is 10.7 Å². The first kappa shape index (κ1) is 13.7. The maximum Gasteiger partial charge on any atom is 0.243 e. The minimum atomic E-state index is -0.0798. The maximum absolute atomic E-state index is 11.8. The number of rotatable bonds is 6. The van der Waals surface area contributed by atoms with Crippen molar-refractivity contribution >= 4 is 17.2 Å². The Balaban J connectivity index is 1.95. The molecule has 2 aromatic rings. The Kier molecular flexibility index (Phi) is 4.62. The smallest absolute Gasteiger partial charge is 0.243 e. The highest BCUT2D eigenvalue weighted by Gasteiger charge is 2.12. The minimum Gasteiger partial charge on any atom is -0.352 e. The molecule has 0 spiro atoms. The lowest BCUT2D eigenvalue weighted by atomic mass is 10.2. The van der Waals surface area contributed by atoms with E-state index >= 15 is 0 Å². The van der Waals surface area contributed by atoms with Gasteiger partial charge in [0.2, 0.25) is 11.7 Å². The maximum atomic E-state index is 11.8. The Bertz CT molecular complexity index is 518. The Hall–Kier alpha value is -1.76. The van der Waals surface area contributed by atoms with Crippen molar-refractivity contribution in [2.75, 3.05) is 0 Å². The molecule has 1 amide bonds. The van der Waals surface area contributed by atoms with Crippen molar-refractivity contribution in [2.24, 2.45) is 0 Å². The summed E-state index contributed by atoms with van der Waals surface area (Å²) in [6, 6.07) is 4.07. The summed E-state index contributed by atoms with van der Waals surface area (Å²) in [6.07, 6.45) is 1.85. The van der Waals surface area contributed by atoms with Crippen LogP contribution in [0.15, 0.2) is 17.5 Å². The van der Waals surface area contributed by atoms with Gasteiger partial charge >= 0.3 is 0 Å². The van der Waals surface area contributed by atoms with Gasteiger partial charge in [-0.3, -0.25) is 4.79 Å². The van der Waals surface area contributed by atoms with Crippen molar-refractivity contribution in [3.63, 3.8) is 0 Å². The summed E-state index contributed by atoms with van der Waals surface area (Å²) < 4.78 is 0. The van der Waals surface area contributed by atoms with E-state index in [0.717, 1.165) is 17.7 Å². The third kappa shape index (κ3) is 3.60. The Morgan fingerprint density at radius 1 is 1.47 bits per heavy atom. The van der Waals surface area contributed by atoms with Crippen LogP contribution in [0.3, 0.4) is 0 Å². The van der Waals surface area contributed by atoms with E-state index in [4.69, 9.17) is 0 Å². The van der Waals surface area contributed by atoms with E-state index in [9.17, 15) is 4.79 Å². The monoisotopic (exact) mass is 279 g/mol. The summed E-state index contributed by atoms with van der Waals surface area (Å²) in [6.45, 7) is 4.21. The van der Waals surface area contributed by atoms with Gasteiger partial charge in [0.1, 0.15) is 6.54 Å². The van der Waals surface area contributed by atoms with Crippen molar-refractivity contribution in [3.05, 3.63) is 17.5 Å². The van der Waals surface area contributed by atoms with Crippen LogP contribution in [-0.2, 0) is 11.3 Å². The van der Waals surface area contributed by atoms with Crippen LogP contribution in [-0.4, -0.2) is 32.2 Å². The molecular weight excluding hydrogens is 262 g/mol. The van der Waals surface area contributed by atoms with Gasteiger partial charge in [0, 0.05) is 6.04 Å². The van der Waals surface area contributed by atoms with E-state index in [1.165, 1.54) is 4.80 Å². The molecule has 6 nitrogen and oxygen atoms in total. The number of tetrazole rings is 1. The number of nitrogens with one attached hydrogen (secondary N) is 1. The van der Waals surface area contributed by atoms with Crippen molar-refractivity contribution in [1.82, 2.24) is 25.5 Å². The minimum absolute atomic E-state index is 0.0798. The molecule has 2 aromatic heterocycles. The molecule has 7 heteroatoms. The first-order chi connectivity index (χ1) is 9.22. The lowest BCUT2D eigenvalue weighted by Crippen LogP contribution is -2.36. The number of aromatic nitrogens is 4. The van der Waals surface area contributed by atoms with Crippen LogP contribution in [0.5, 0.6) is 0 Å². The highest BCUT2D eigenvalue weighted by atomic mass is 32.1. The highest BCUT2D eigenvalue weighted by molar-refractivity contribution is 7.13. The summed E-state index contributed by atoms with van der Waals surface area (Å²) in [5, 5.41) is 16.9. The van der Waals surface area contributed by atoms with E-state index in [1.54, 1.807) is 11.3 Å². The normalized spacial score (nSPS) is 10.9. The average molecular weight is 279 g/mol. The third-order valence-electron chi connectivity index (χ3n) is 2.83. The summed E-state index contributed by atoms with van der Waals surface area (Å²) in [4.78, 5) is 14.1. The second-order valence-electron chi connectivity index (χ2n) is 4.20. The molecule has 0 aliphatic heterocycles. The molecular formula is C12H17N5OS. The van der Waals surface area contributed by atoms with Crippen molar-refractivity contribution < 1.29 is 4.79 Å². The second-order valence-corrected chi connectivity index (χ2v) is 5.15. The van der Waals surface area contributed by atoms with Gasteiger partial charge < -0.3 is 5.32 Å². The Labute approximate surface area is 115 Å². The summed E-state index contributed by atoms with van der Waals surface area (Å²) in [5.41, 5.74) is 0. The van der Waals surface area contributed by atoms with Crippen LogP contribution >= 0.6 is 11.3 Å². The molecule has 19 heavy (non-hydrogen) atoms. The number of nitrogens with zero attached hydrogens (tertiary/aromatic N) is 4. The van der Waals surface area contributed by atoms with Crippen LogP contribution in [0.25, 0.3) is 10.7 Å². The number of carbonyl (C=O) groups excluding carboxylic acids is 1. The van der Waals surface area contributed by atoms with E-state index in [1.807, 2.05) is 17.5 Å². The average Bonchev–Trinajstić information content (AvgIpc) is 3.06. The fourth-order valence-electron chi connectivity index (χ4n) is 1.71. The van der Waals surface area contributed by atoms with Gasteiger partial charge in [0.25, 0.3) is 0 Å². The molecule has 0 fully saturated rings. The molecule has 0 aliphatic carbocycles. The van der Waals surface area contributed by atoms with Gasteiger partial charge in [-0.1, -0.05) is 19.9 Å². The molecule has 0 aliphatic rings. The van der Waals surface area contributed by atoms with Gasteiger partial charge in [-0.15, -0.1) is 21.5 Å². The van der Waals surface area contributed by atoms with Crippen LogP contribution in [0, 0.1) is 0 Å². The topological polar surface area (TPSA) is 72.7 Å². The third-order valence-corrected chi connectivity index (χ3v) is 3.70. The van der Waals surface area contributed by atoms with Gasteiger partial charge in [-0.05, 0) is 29.5 Å². The van der Waals surface area contributed by atoms with Crippen LogP contribution in [0.2, 0.25) is 0 Å². The molecule has 2 heterocycles. The second kappa shape index (κ2) is 6.42. The predicted molar refractivity (Wildman–Crippen MR) is 73.6 cm³/mol. The quantitative estimate of drug-likeness (QED) is 0.873. The van der Waals surface area contributed by atoms with E-state index < -0.39 is 0 Å². The summed E-state index contributed by atoms with van der Waals surface area (Å²) in [7, 11) is 0. The largest absolute Gasteiger partial charge is 0.352 e. The van der Waals surface area contributed by atoms with Gasteiger partial charge in [-0.2, -0.15) is 4.80 Å². The molecule has 0 radical (unpaired) electrons. The number of carbonyl (C=O) groups is 1. The molecule has 0 saturated heterocycles. The first-order valence-electron chi connectivity index (χ1n) is 6.34. The molecule has 2 rings (SSSR count). The molecule has 102 valence electrons. The first-order valence-corrected chi connectivity index (χ1v) is 7.22. The fraction of sp³-hybridized carbons (Fsp3) is 0.500. The lowest BCUT2D eigenvalue weighted by Gasteiger charge is -2.13. The van der Waals surface area contributed by atoms with Gasteiger partial charge in [-0.25, -0.2) is 0 Å². The number of hydrogen-bond acceptors (Lipinski definition) is 5.